The Bertz CT molecular complexity index is 534. The third kappa shape index (κ3) is 3.20. The van der Waals surface area contributed by atoms with Crippen molar-refractivity contribution in [2.45, 2.75) is 45.9 Å². The van der Waals surface area contributed by atoms with Crippen LogP contribution in [0.25, 0.3) is 0 Å². The van der Waals surface area contributed by atoms with Crippen LogP contribution in [-0.2, 0) is 11.3 Å². The van der Waals surface area contributed by atoms with Crippen LogP contribution in [-0.4, -0.2) is 25.9 Å². The predicted molar refractivity (Wildman–Crippen MR) is 82.1 cm³/mol. The fraction of sp³-hybridized carbons (Fsp3) is 0.588. The summed E-state index contributed by atoms with van der Waals surface area (Å²) in [5.41, 5.74) is 1.82. The van der Waals surface area contributed by atoms with Crippen molar-refractivity contribution in [3.05, 3.63) is 29.3 Å². The molecule has 1 aromatic carbocycles. The van der Waals surface area contributed by atoms with Crippen LogP contribution in [0, 0.1) is 16.7 Å². The van der Waals surface area contributed by atoms with Crippen molar-refractivity contribution < 1.29 is 9.47 Å². The molecule has 1 fully saturated rings. The number of methoxy groups -OCH3 is 1. The Balaban J connectivity index is 2.00. The number of nitrogens with one attached hydrogen (secondary N) is 1. The molecule has 2 unspecified atom stereocenters. The van der Waals surface area contributed by atoms with Crippen molar-refractivity contribution in [2.24, 2.45) is 5.41 Å². The highest BCUT2D eigenvalue weighted by Crippen LogP contribution is 2.43. The average Bonchev–Trinajstić information content (AvgIpc) is 2.49. The lowest BCUT2D eigenvalue weighted by atomic mass is 9.64. The molecule has 2 rings (SSSR count). The second kappa shape index (κ2) is 6.46. The van der Waals surface area contributed by atoms with Gasteiger partial charge >= 0.3 is 0 Å². The van der Waals surface area contributed by atoms with E-state index < -0.39 is 0 Å². The molecule has 0 aliphatic heterocycles. The molecule has 0 saturated heterocycles. The smallest absolute Gasteiger partial charge is 0.123 e. The molecule has 0 aromatic heterocycles. The lowest BCUT2D eigenvalue weighted by Crippen LogP contribution is -2.60. The fourth-order valence-corrected chi connectivity index (χ4v) is 2.94. The lowest BCUT2D eigenvalue weighted by molar-refractivity contribution is -0.114. The molecule has 1 aromatic rings. The summed E-state index contributed by atoms with van der Waals surface area (Å²) in [6.45, 7) is 7.97. The topological polar surface area (TPSA) is 54.3 Å². The van der Waals surface area contributed by atoms with E-state index in [1.807, 2.05) is 19.1 Å². The number of ether oxygens (including phenoxy) is 2. The van der Waals surface area contributed by atoms with Crippen LogP contribution >= 0.6 is 0 Å². The summed E-state index contributed by atoms with van der Waals surface area (Å²) in [7, 11) is 1.66. The molecule has 114 valence electrons. The molecule has 4 nitrogen and oxygen atoms in total. The maximum Gasteiger partial charge on any atom is 0.123 e. The number of nitrogens with zero attached hydrogens (tertiary/aromatic N) is 1. The van der Waals surface area contributed by atoms with Crippen LogP contribution in [0.15, 0.2) is 18.2 Å². The van der Waals surface area contributed by atoms with Crippen LogP contribution < -0.4 is 10.1 Å². The van der Waals surface area contributed by atoms with E-state index in [1.54, 1.807) is 13.2 Å². The number of hydrogen-bond donors (Lipinski definition) is 1. The molecule has 2 atom stereocenters. The van der Waals surface area contributed by atoms with Crippen molar-refractivity contribution in [1.29, 1.82) is 5.26 Å². The summed E-state index contributed by atoms with van der Waals surface area (Å²) in [5.74, 6) is 0.819. The van der Waals surface area contributed by atoms with Gasteiger partial charge in [-0.25, -0.2) is 0 Å². The van der Waals surface area contributed by atoms with Gasteiger partial charge in [-0.15, -0.1) is 0 Å². The lowest BCUT2D eigenvalue weighted by Gasteiger charge is -2.52. The zero-order valence-corrected chi connectivity index (χ0v) is 13.3. The molecule has 0 radical (unpaired) electrons. The van der Waals surface area contributed by atoms with Crippen LogP contribution in [0.4, 0.5) is 0 Å². The van der Waals surface area contributed by atoms with Gasteiger partial charge in [-0.2, -0.15) is 5.26 Å². The van der Waals surface area contributed by atoms with Gasteiger partial charge in [-0.3, -0.25) is 0 Å². The van der Waals surface area contributed by atoms with Crippen LogP contribution in [0.1, 0.15) is 38.3 Å². The SMILES string of the molecule is CCOC1CC(NCc2cc(C#N)ccc2OC)C1(C)C. The van der Waals surface area contributed by atoms with E-state index in [9.17, 15) is 0 Å². The van der Waals surface area contributed by atoms with Crippen molar-refractivity contribution in [3.63, 3.8) is 0 Å². The van der Waals surface area contributed by atoms with Crippen molar-refractivity contribution in [1.82, 2.24) is 5.32 Å². The average molecular weight is 288 g/mol. The van der Waals surface area contributed by atoms with Gasteiger partial charge in [0.05, 0.1) is 24.8 Å². The minimum absolute atomic E-state index is 0.135. The maximum absolute atomic E-state index is 9.01. The molecule has 0 heterocycles. The minimum Gasteiger partial charge on any atom is -0.496 e. The van der Waals surface area contributed by atoms with E-state index >= 15 is 0 Å². The van der Waals surface area contributed by atoms with Gasteiger partial charge in [0.25, 0.3) is 0 Å². The number of benzene rings is 1. The van der Waals surface area contributed by atoms with Gasteiger partial charge in [-0.1, -0.05) is 13.8 Å². The molecule has 0 amide bonds. The molecular formula is C17H24N2O2. The number of nitriles is 1. The summed E-state index contributed by atoms with van der Waals surface area (Å²) >= 11 is 0. The van der Waals surface area contributed by atoms with Gasteiger partial charge < -0.3 is 14.8 Å². The zero-order chi connectivity index (χ0) is 15.5. The highest BCUT2D eigenvalue weighted by Gasteiger charge is 2.48. The van der Waals surface area contributed by atoms with Crippen molar-refractivity contribution >= 4 is 0 Å². The fourth-order valence-electron chi connectivity index (χ4n) is 2.94. The first-order valence-electron chi connectivity index (χ1n) is 7.45. The zero-order valence-electron chi connectivity index (χ0n) is 13.3. The van der Waals surface area contributed by atoms with Crippen LogP contribution in [0.3, 0.4) is 0 Å². The van der Waals surface area contributed by atoms with Gasteiger partial charge in [0.2, 0.25) is 0 Å². The third-order valence-electron chi connectivity index (χ3n) is 4.49. The molecule has 1 saturated carbocycles. The molecule has 0 spiro atoms. The molecule has 4 heteroatoms. The largest absolute Gasteiger partial charge is 0.496 e. The Hall–Kier alpha value is -1.57. The Morgan fingerprint density at radius 2 is 2.19 bits per heavy atom. The Kier molecular flexibility index (Phi) is 4.87. The van der Waals surface area contributed by atoms with Gasteiger partial charge in [0.15, 0.2) is 0 Å². The van der Waals surface area contributed by atoms with E-state index in [0.717, 1.165) is 24.3 Å². The molecule has 1 N–H and O–H groups in total. The summed E-state index contributed by atoms with van der Waals surface area (Å²) in [5, 5.41) is 12.6. The van der Waals surface area contributed by atoms with Gasteiger partial charge in [-0.05, 0) is 31.5 Å². The summed E-state index contributed by atoms with van der Waals surface area (Å²) in [6.07, 6.45) is 1.36. The Morgan fingerprint density at radius 1 is 1.43 bits per heavy atom. The molecule has 0 bridgehead atoms. The summed E-state index contributed by atoms with van der Waals surface area (Å²) in [4.78, 5) is 0. The summed E-state index contributed by atoms with van der Waals surface area (Å²) in [6, 6.07) is 8.11. The first-order valence-corrected chi connectivity index (χ1v) is 7.45. The van der Waals surface area contributed by atoms with E-state index in [0.29, 0.717) is 24.3 Å². The first-order chi connectivity index (χ1) is 10.0. The van der Waals surface area contributed by atoms with E-state index in [2.05, 4.69) is 25.2 Å². The van der Waals surface area contributed by atoms with Crippen molar-refractivity contribution in [3.8, 4) is 11.8 Å². The van der Waals surface area contributed by atoms with E-state index in [-0.39, 0.29) is 5.41 Å². The molecule has 1 aliphatic carbocycles. The van der Waals surface area contributed by atoms with Gasteiger partial charge in [0, 0.05) is 30.2 Å². The second-order valence-corrected chi connectivity index (χ2v) is 6.07. The quantitative estimate of drug-likeness (QED) is 0.874. The van der Waals surface area contributed by atoms with E-state index in [1.165, 1.54) is 0 Å². The van der Waals surface area contributed by atoms with Gasteiger partial charge in [0.1, 0.15) is 5.75 Å². The van der Waals surface area contributed by atoms with Crippen molar-refractivity contribution in [2.75, 3.05) is 13.7 Å². The third-order valence-corrected chi connectivity index (χ3v) is 4.49. The van der Waals surface area contributed by atoms with Crippen LogP contribution in [0.5, 0.6) is 5.75 Å². The molecule has 21 heavy (non-hydrogen) atoms. The monoisotopic (exact) mass is 288 g/mol. The number of hydrogen-bond acceptors (Lipinski definition) is 4. The highest BCUT2D eigenvalue weighted by molar-refractivity contribution is 5.42. The Morgan fingerprint density at radius 3 is 2.76 bits per heavy atom. The second-order valence-electron chi connectivity index (χ2n) is 6.07. The summed E-state index contributed by atoms with van der Waals surface area (Å²) < 4.78 is 11.1. The Labute approximate surface area is 127 Å². The molecular weight excluding hydrogens is 264 g/mol. The highest BCUT2D eigenvalue weighted by atomic mass is 16.5. The maximum atomic E-state index is 9.01. The first kappa shape index (κ1) is 15.8. The number of rotatable bonds is 6. The standard InChI is InChI=1S/C17H24N2O2/c1-5-21-16-9-15(17(16,2)3)19-11-13-8-12(10-18)6-7-14(13)20-4/h6-8,15-16,19H,5,9,11H2,1-4H3. The van der Waals surface area contributed by atoms with Crippen LogP contribution in [0.2, 0.25) is 0 Å². The van der Waals surface area contributed by atoms with E-state index in [4.69, 9.17) is 14.7 Å². The minimum atomic E-state index is 0.135. The molecule has 1 aliphatic rings. The normalized spacial score (nSPS) is 23.2. The predicted octanol–water partition coefficient (Wildman–Crippen LogP) is 2.86.